The SMILES string of the molecule is CCc1cccc(-c2cc(CC)ccc2O)c1. The molecule has 1 nitrogen and oxygen atoms in total. The van der Waals surface area contributed by atoms with E-state index in [1.807, 2.05) is 18.2 Å². The summed E-state index contributed by atoms with van der Waals surface area (Å²) < 4.78 is 0. The van der Waals surface area contributed by atoms with E-state index in [0.717, 1.165) is 24.0 Å². The third kappa shape index (κ3) is 2.50. The Morgan fingerprint density at radius 2 is 1.59 bits per heavy atom. The lowest BCUT2D eigenvalue weighted by Crippen LogP contribution is -1.86. The Morgan fingerprint density at radius 3 is 2.29 bits per heavy atom. The van der Waals surface area contributed by atoms with Crippen molar-refractivity contribution in [1.82, 2.24) is 0 Å². The van der Waals surface area contributed by atoms with Gasteiger partial charge in [0.2, 0.25) is 0 Å². The lowest BCUT2D eigenvalue weighted by Gasteiger charge is -2.08. The first-order chi connectivity index (χ1) is 8.24. The van der Waals surface area contributed by atoms with E-state index in [4.69, 9.17) is 0 Å². The maximum absolute atomic E-state index is 9.95. The topological polar surface area (TPSA) is 20.2 Å². The average molecular weight is 226 g/mol. The van der Waals surface area contributed by atoms with Crippen molar-refractivity contribution in [3.8, 4) is 16.9 Å². The molecule has 0 heterocycles. The van der Waals surface area contributed by atoms with E-state index in [-0.39, 0.29) is 0 Å². The quantitative estimate of drug-likeness (QED) is 0.832. The first-order valence-corrected chi connectivity index (χ1v) is 6.15. The van der Waals surface area contributed by atoms with Gasteiger partial charge >= 0.3 is 0 Å². The van der Waals surface area contributed by atoms with Crippen LogP contribution in [0.2, 0.25) is 0 Å². The molecule has 0 saturated carbocycles. The van der Waals surface area contributed by atoms with Crippen molar-refractivity contribution in [3.63, 3.8) is 0 Å². The van der Waals surface area contributed by atoms with Crippen molar-refractivity contribution < 1.29 is 5.11 Å². The number of benzene rings is 2. The largest absolute Gasteiger partial charge is 0.507 e. The fourth-order valence-corrected chi connectivity index (χ4v) is 1.99. The zero-order valence-corrected chi connectivity index (χ0v) is 10.4. The molecule has 1 heteroatoms. The molecule has 2 aromatic carbocycles. The van der Waals surface area contributed by atoms with Crippen LogP contribution in [0.1, 0.15) is 25.0 Å². The van der Waals surface area contributed by atoms with Gasteiger partial charge in [-0.15, -0.1) is 0 Å². The molecule has 0 radical (unpaired) electrons. The van der Waals surface area contributed by atoms with E-state index >= 15 is 0 Å². The van der Waals surface area contributed by atoms with Crippen LogP contribution in [0.3, 0.4) is 0 Å². The number of aromatic hydroxyl groups is 1. The Labute approximate surface area is 103 Å². The molecule has 1 N–H and O–H groups in total. The standard InChI is InChI=1S/C16H18O/c1-3-12-6-5-7-14(10-12)15-11-13(4-2)8-9-16(15)17/h5-11,17H,3-4H2,1-2H3. The summed E-state index contributed by atoms with van der Waals surface area (Å²) in [6.45, 7) is 4.26. The Bertz CT molecular complexity index is 515. The zero-order chi connectivity index (χ0) is 12.3. The van der Waals surface area contributed by atoms with Gasteiger partial charge in [0.1, 0.15) is 5.75 Å². The van der Waals surface area contributed by atoms with E-state index in [1.165, 1.54) is 11.1 Å². The second-order valence-corrected chi connectivity index (χ2v) is 4.26. The molecule has 0 spiro atoms. The summed E-state index contributed by atoms with van der Waals surface area (Å²) in [7, 11) is 0. The molecule has 0 aromatic heterocycles. The summed E-state index contributed by atoms with van der Waals surface area (Å²) in [5, 5.41) is 9.95. The van der Waals surface area contributed by atoms with Gasteiger partial charge in [-0.1, -0.05) is 44.2 Å². The molecule has 0 aliphatic rings. The van der Waals surface area contributed by atoms with Gasteiger partial charge in [0.15, 0.2) is 0 Å². The van der Waals surface area contributed by atoms with Gasteiger partial charge in [-0.3, -0.25) is 0 Å². The first kappa shape index (κ1) is 11.7. The number of rotatable bonds is 3. The molecule has 0 aliphatic carbocycles. The number of hydrogen-bond donors (Lipinski definition) is 1. The Hall–Kier alpha value is -1.76. The van der Waals surface area contributed by atoms with E-state index in [2.05, 4.69) is 32.0 Å². The highest BCUT2D eigenvalue weighted by atomic mass is 16.3. The normalized spacial score (nSPS) is 10.5. The molecular weight excluding hydrogens is 208 g/mol. The monoisotopic (exact) mass is 226 g/mol. The smallest absolute Gasteiger partial charge is 0.123 e. The second-order valence-electron chi connectivity index (χ2n) is 4.26. The minimum atomic E-state index is 0.357. The molecule has 0 aliphatic heterocycles. The third-order valence-corrected chi connectivity index (χ3v) is 3.12. The summed E-state index contributed by atoms with van der Waals surface area (Å²) >= 11 is 0. The highest BCUT2D eigenvalue weighted by Gasteiger charge is 2.05. The molecular formula is C16H18O. The minimum Gasteiger partial charge on any atom is -0.507 e. The van der Waals surface area contributed by atoms with Crippen LogP contribution in [0.5, 0.6) is 5.75 Å². The molecule has 0 unspecified atom stereocenters. The molecule has 2 aromatic rings. The van der Waals surface area contributed by atoms with Crippen molar-refractivity contribution >= 4 is 0 Å². The van der Waals surface area contributed by atoms with E-state index in [9.17, 15) is 5.11 Å². The van der Waals surface area contributed by atoms with Gasteiger partial charge in [0.25, 0.3) is 0 Å². The Morgan fingerprint density at radius 1 is 0.882 bits per heavy atom. The maximum Gasteiger partial charge on any atom is 0.123 e. The summed E-state index contributed by atoms with van der Waals surface area (Å²) in [6.07, 6.45) is 2.00. The van der Waals surface area contributed by atoms with Crippen LogP contribution in [0.4, 0.5) is 0 Å². The van der Waals surface area contributed by atoms with Gasteiger partial charge in [-0.25, -0.2) is 0 Å². The predicted molar refractivity (Wildman–Crippen MR) is 72.3 cm³/mol. The van der Waals surface area contributed by atoms with Gasteiger partial charge in [0.05, 0.1) is 0 Å². The molecule has 17 heavy (non-hydrogen) atoms. The van der Waals surface area contributed by atoms with Crippen LogP contribution >= 0.6 is 0 Å². The van der Waals surface area contributed by atoms with Crippen molar-refractivity contribution in [2.45, 2.75) is 26.7 Å². The minimum absolute atomic E-state index is 0.357. The van der Waals surface area contributed by atoms with Crippen molar-refractivity contribution in [3.05, 3.63) is 53.6 Å². The van der Waals surface area contributed by atoms with Crippen LogP contribution in [0.15, 0.2) is 42.5 Å². The molecule has 88 valence electrons. The maximum atomic E-state index is 9.95. The molecule has 0 fully saturated rings. The first-order valence-electron chi connectivity index (χ1n) is 6.15. The summed E-state index contributed by atoms with van der Waals surface area (Å²) in [6, 6.07) is 14.2. The lowest BCUT2D eigenvalue weighted by atomic mass is 9.99. The second kappa shape index (κ2) is 5.05. The van der Waals surface area contributed by atoms with Gasteiger partial charge < -0.3 is 5.11 Å². The van der Waals surface area contributed by atoms with Crippen LogP contribution in [-0.2, 0) is 12.8 Å². The van der Waals surface area contributed by atoms with Crippen molar-refractivity contribution in [2.75, 3.05) is 0 Å². The summed E-state index contributed by atoms with van der Waals surface area (Å²) in [5.74, 6) is 0.357. The Kier molecular flexibility index (Phi) is 3.48. The average Bonchev–Trinajstić information content (AvgIpc) is 2.39. The van der Waals surface area contributed by atoms with Crippen LogP contribution < -0.4 is 0 Å². The third-order valence-electron chi connectivity index (χ3n) is 3.12. The summed E-state index contributed by atoms with van der Waals surface area (Å²) in [5.41, 5.74) is 4.57. The highest BCUT2D eigenvalue weighted by molar-refractivity contribution is 5.71. The summed E-state index contributed by atoms with van der Waals surface area (Å²) in [4.78, 5) is 0. The van der Waals surface area contributed by atoms with Crippen molar-refractivity contribution in [1.29, 1.82) is 0 Å². The molecule has 0 saturated heterocycles. The number of aryl methyl sites for hydroxylation is 2. The highest BCUT2D eigenvalue weighted by Crippen LogP contribution is 2.30. The molecule has 0 amide bonds. The number of phenols is 1. The fraction of sp³-hybridized carbons (Fsp3) is 0.250. The number of phenolic OH excluding ortho intramolecular Hbond substituents is 1. The van der Waals surface area contributed by atoms with Gasteiger partial charge in [-0.05, 0) is 41.7 Å². The Balaban J connectivity index is 2.50. The molecule has 2 rings (SSSR count). The van der Waals surface area contributed by atoms with Gasteiger partial charge in [0, 0.05) is 5.56 Å². The predicted octanol–water partition coefficient (Wildman–Crippen LogP) is 4.18. The van der Waals surface area contributed by atoms with E-state index in [1.54, 1.807) is 6.07 Å². The van der Waals surface area contributed by atoms with Crippen LogP contribution in [-0.4, -0.2) is 5.11 Å². The fourth-order valence-electron chi connectivity index (χ4n) is 1.99. The number of hydrogen-bond acceptors (Lipinski definition) is 1. The van der Waals surface area contributed by atoms with Gasteiger partial charge in [-0.2, -0.15) is 0 Å². The van der Waals surface area contributed by atoms with E-state index < -0.39 is 0 Å². The van der Waals surface area contributed by atoms with Crippen LogP contribution in [0, 0.1) is 0 Å². The zero-order valence-electron chi connectivity index (χ0n) is 10.4. The van der Waals surface area contributed by atoms with E-state index in [0.29, 0.717) is 5.75 Å². The molecule has 0 bridgehead atoms. The van der Waals surface area contributed by atoms with Crippen LogP contribution in [0.25, 0.3) is 11.1 Å². The van der Waals surface area contributed by atoms with Crippen molar-refractivity contribution in [2.24, 2.45) is 0 Å². The lowest BCUT2D eigenvalue weighted by molar-refractivity contribution is 0.477. The molecule has 0 atom stereocenters.